The van der Waals surface area contributed by atoms with Gasteiger partial charge in [-0.3, -0.25) is 9.59 Å². The van der Waals surface area contributed by atoms with Crippen LogP contribution in [0.1, 0.15) is 31.1 Å². The smallest absolute Gasteiger partial charge is 0.323 e. The molecule has 0 unspecified atom stereocenters. The molecule has 0 atom stereocenters. The molecule has 0 bridgehead atoms. The zero-order valence-electron chi connectivity index (χ0n) is 10.9. The summed E-state index contributed by atoms with van der Waals surface area (Å²) in [6.45, 7) is 4.69. The summed E-state index contributed by atoms with van der Waals surface area (Å²) >= 11 is 5.82. The van der Waals surface area contributed by atoms with Crippen LogP contribution in [-0.4, -0.2) is 34.0 Å². The van der Waals surface area contributed by atoms with E-state index in [4.69, 9.17) is 16.7 Å². The minimum absolute atomic E-state index is 0.0374. The second-order valence-electron chi connectivity index (χ2n) is 5.08. The molecule has 1 N–H and O–H groups in total. The molecule has 0 spiro atoms. The summed E-state index contributed by atoms with van der Waals surface area (Å²) in [5.74, 6) is -2.22. The van der Waals surface area contributed by atoms with Crippen LogP contribution in [0.4, 0.5) is 4.39 Å². The third-order valence-corrected chi connectivity index (χ3v) is 2.82. The van der Waals surface area contributed by atoms with E-state index in [0.29, 0.717) is 0 Å². The van der Waals surface area contributed by atoms with Gasteiger partial charge in [-0.2, -0.15) is 0 Å². The van der Waals surface area contributed by atoms with Gasteiger partial charge in [0, 0.05) is 5.54 Å². The summed E-state index contributed by atoms with van der Waals surface area (Å²) in [6.07, 6.45) is 0. The molecule has 0 saturated heterocycles. The molecular weight excluding hydrogens is 273 g/mol. The first kappa shape index (κ1) is 15.4. The van der Waals surface area contributed by atoms with E-state index >= 15 is 0 Å². The SMILES string of the molecule is CC(C)(C)N(CC(=O)O)C(=O)c1ccc(F)cc1Cl. The number of carboxylic acids is 1. The molecule has 0 heterocycles. The highest BCUT2D eigenvalue weighted by Gasteiger charge is 2.30. The molecule has 0 aliphatic rings. The summed E-state index contributed by atoms with van der Waals surface area (Å²) in [4.78, 5) is 24.3. The van der Waals surface area contributed by atoms with Gasteiger partial charge in [0.05, 0.1) is 10.6 Å². The highest BCUT2D eigenvalue weighted by molar-refractivity contribution is 6.33. The molecule has 0 aliphatic carbocycles. The van der Waals surface area contributed by atoms with E-state index in [1.54, 1.807) is 20.8 Å². The number of amides is 1. The van der Waals surface area contributed by atoms with Gasteiger partial charge in [0.1, 0.15) is 12.4 Å². The van der Waals surface area contributed by atoms with Crippen LogP contribution >= 0.6 is 11.6 Å². The first-order chi connectivity index (χ1) is 8.62. The Balaban J connectivity index is 3.16. The lowest BCUT2D eigenvalue weighted by Crippen LogP contribution is -2.48. The summed E-state index contributed by atoms with van der Waals surface area (Å²) in [6, 6.07) is 3.39. The molecule has 0 fully saturated rings. The van der Waals surface area contributed by atoms with Crippen molar-refractivity contribution >= 4 is 23.5 Å². The van der Waals surface area contributed by atoms with E-state index in [1.165, 1.54) is 11.0 Å². The maximum absolute atomic E-state index is 13.0. The normalized spacial score (nSPS) is 11.2. The minimum atomic E-state index is -1.12. The van der Waals surface area contributed by atoms with Gasteiger partial charge in [-0.25, -0.2) is 4.39 Å². The van der Waals surface area contributed by atoms with Crippen LogP contribution in [0.2, 0.25) is 5.02 Å². The molecule has 1 rings (SSSR count). The molecule has 4 nitrogen and oxygen atoms in total. The fraction of sp³-hybridized carbons (Fsp3) is 0.385. The van der Waals surface area contributed by atoms with Crippen molar-refractivity contribution in [3.63, 3.8) is 0 Å². The second kappa shape index (κ2) is 5.57. The Bertz CT molecular complexity index is 511. The number of carbonyl (C=O) groups is 2. The predicted octanol–water partition coefficient (Wildman–Crippen LogP) is 2.80. The van der Waals surface area contributed by atoms with Crippen molar-refractivity contribution in [3.05, 3.63) is 34.6 Å². The Morgan fingerprint density at radius 2 is 1.95 bits per heavy atom. The molecule has 1 aromatic carbocycles. The van der Waals surface area contributed by atoms with Crippen molar-refractivity contribution in [1.29, 1.82) is 0 Å². The van der Waals surface area contributed by atoms with Gasteiger partial charge in [0.2, 0.25) is 0 Å². The standard InChI is InChI=1S/C13H15ClFNO3/c1-13(2,3)16(7-11(17)18)12(19)9-5-4-8(15)6-10(9)14/h4-6H,7H2,1-3H3,(H,17,18). The molecule has 1 amide bonds. The van der Waals surface area contributed by atoms with Gasteiger partial charge < -0.3 is 10.0 Å². The predicted molar refractivity (Wildman–Crippen MR) is 69.8 cm³/mol. The Morgan fingerprint density at radius 1 is 1.37 bits per heavy atom. The van der Waals surface area contributed by atoms with Crippen LogP contribution < -0.4 is 0 Å². The van der Waals surface area contributed by atoms with Gasteiger partial charge in [0.25, 0.3) is 5.91 Å². The van der Waals surface area contributed by atoms with Gasteiger partial charge in [-0.1, -0.05) is 11.6 Å². The largest absolute Gasteiger partial charge is 0.480 e. The molecule has 0 radical (unpaired) electrons. The van der Waals surface area contributed by atoms with Crippen LogP contribution in [0.25, 0.3) is 0 Å². The van der Waals surface area contributed by atoms with Crippen molar-refractivity contribution in [2.24, 2.45) is 0 Å². The van der Waals surface area contributed by atoms with E-state index in [-0.39, 0.29) is 10.6 Å². The van der Waals surface area contributed by atoms with Crippen LogP contribution in [0.3, 0.4) is 0 Å². The Hall–Kier alpha value is -1.62. The minimum Gasteiger partial charge on any atom is -0.480 e. The highest BCUT2D eigenvalue weighted by Crippen LogP contribution is 2.23. The van der Waals surface area contributed by atoms with E-state index in [9.17, 15) is 14.0 Å². The quantitative estimate of drug-likeness (QED) is 0.930. The lowest BCUT2D eigenvalue weighted by molar-refractivity contribution is -0.138. The number of aliphatic carboxylic acids is 1. The fourth-order valence-electron chi connectivity index (χ4n) is 1.56. The second-order valence-corrected chi connectivity index (χ2v) is 5.49. The van der Waals surface area contributed by atoms with Crippen molar-refractivity contribution in [2.45, 2.75) is 26.3 Å². The van der Waals surface area contributed by atoms with E-state index < -0.39 is 29.8 Å². The molecule has 1 aromatic rings. The fourth-order valence-corrected chi connectivity index (χ4v) is 1.81. The average molecular weight is 288 g/mol. The van der Waals surface area contributed by atoms with Crippen molar-refractivity contribution in [3.8, 4) is 0 Å². The topological polar surface area (TPSA) is 57.6 Å². The molecule has 0 aromatic heterocycles. The first-order valence-electron chi connectivity index (χ1n) is 5.61. The molecular formula is C13H15ClFNO3. The van der Waals surface area contributed by atoms with Crippen molar-refractivity contribution < 1.29 is 19.1 Å². The number of hydrogen-bond acceptors (Lipinski definition) is 2. The zero-order valence-corrected chi connectivity index (χ0v) is 11.7. The number of hydrogen-bond donors (Lipinski definition) is 1. The number of rotatable bonds is 3. The summed E-state index contributed by atoms with van der Waals surface area (Å²) in [7, 11) is 0. The lowest BCUT2D eigenvalue weighted by Gasteiger charge is -2.34. The molecule has 0 saturated carbocycles. The maximum Gasteiger partial charge on any atom is 0.323 e. The van der Waals surface area contributed by atoms with E-state index in [2.05, 4.69) is 0 Å². The number of carbonyl (C=O) groups excluding carboxylic acids is 1. The summed E-state index contributed by atoms with van der Waals surface area (Å²) < 4.78 is 13.0. The number of carboxylic acid groups (broad SMARTS) is 1. The zero-order chi connectivity index (χ0) is 14.8. The Kier molecular flexibility index (Phi) is 4.52. The van der Waals surface area contributed by atoms with Crippen LogP contribution in [0, 0.1) is 5.82 Å². The van der Waals surface area contributed by atoms with Gasteiger partial charge >= 0.3 is 5.97 Å². The Labute approximate surface area is 115 Å². The third kappa shape index (κ3) is 3.92. The summed E-state index contributed by atoms with van der Waals surface area (Å²) in [5, 5.41) is 8.83. The first-order valence-corrected chi connectivity index (χ1v) is 5.99. The molecule has 6 heteroatoms. The maximum atomic E-state index is 13.0. The Morgan fingerprint density at radius 3 is 2.37 bits per heavy atom. The van der Waals surface area contributed by atoms with Crippen LogP contribution in [-0.2, 0) is 4.79 Å². The highest BCUT2D eigenvalue weighted by atomic mass is 35.5. The lowest BCUT2D eigenvalue weighted by atomic mass is 10.0. The van der Waals surface area contributed by atoms with Crippen LogP contribution in [0.15, 0.2) is 18.2 Å². The van der Waals surface area contributed by atoms with Gasteiger partial charge in [-0.15, -0.1) is 0 Å². The number of halogens is 2. The van der Waals surface area contributed by atoms with Crippen LogP contribution in [0.5, 0.6) is 0 Å². The van der Waals surface area contributed by atoms with Crippen molar-refractivity contribution in [2.75, 3.05) is 6.54 Å². The summed E-state index contributed by atoms with van der Waals surface area (Å²) in [5.41, 5.74) is -0.605. The van der Waals surface area contributed by atoms with E-state index in [0.717, 1.165) is 12.1 Å². The van der Waals surface area contributed by atoms with E-state index in [1.807, 2.05) is 0 Å². The molecule has 104 valence electrons. The van der Waals surface area contributed by atoms with Crippen molar-refractivity contribution in [1.82, 2.24) is 4.90 Å². The molecule has 0 aliphatic heterocycles. The average Bonchev–Trinajstić information content (AvgIpc) is 2.23. The number of nitrogens with zero attached hydrogens (tertiary/aromatic N) is 1. The third-order valence-electron chi connectivity index (χ3n) is 2.51. The monoisotopic (exact) mass is 287 g/mol. The van der Waals surface area contributed by atoms with Gasteiger partial charge in [0.15, 0.2) is 0 Å². The molecule has 19 heavy (non-hydrogen) atoms. The van der Waals surface area contributed by atoms with Gasteiger partial charge in [-0.05, 0) is 39.0 Å². The number of benzene rings is 1.